The van der Waals surface area contributed by atoms with Crippen LogP contribution in [-0.2, 0) is 16.1 Å². The topological polar surface area (TPSA) is 48.0 Å². The summed E-state index contributed by atoms with van der Waals surface area (Å²) in [7, 11) is 3.29. The SMILES string of the molecule is COc1cccc(OC)c1CN1CCOC(C=O)C1. The van der Waals surface area contributed by atoms with Crippen LogP contribution in [0.4, 0.5) is 0 Å². The largest absolute Gasteiger partial charge is 0.496 e. The number of hydrogen-bond acceptors (Lipinski definition) is 5. The van der Waals surface area contributed by atoms with Gasteiger partial charge in [0.15, 0.2) is 0 Å². The van der Waals surface area contributed by atoms with Gasteiger partial charge in [-0.1, -0.05) is 6.07 Å². The molecule has 1 aromatic carbocycles. The summed E-state index contributed by atoms with van der Waals surface area (Å²) in [6.45, 7) is 2.65. The fourth-order valence-electron chi connectivity index (χ4n) is 2.27. The maximum atomic E-state index is 10.8. The first-order chi connectivity index (χ1) is 9.28. The summed E-state index contributed by atoms with van der Waals surface area (Å²) in [6, 6.07) is 5.72. The molecular weight excluding hydrogens is 246 g/mol. The van der Waals surface area contributed by atoms with E-state index in [0.717, 1.165) is 29.9 Å². The van der Waals surface area contributed by atoms with Gasteiger partial charge in [0, 0.05) is 19.6 Å². The number of methoxy groups -OCH3 is 2. The van der Waals surface area contributed by atoms with Crippen LogP contribution >= 0.6 is 0 Å². The van der Waals surface area contributed by atoms with Gasteiger partial charge in [-0.05, 0) is 12.1 Å². The van der Waals surface area contributed by atoms with Crippen LogP contribution in [-0.4, -0.2) is 51.2 Å². The number of aldehydes is 1. The highest BCUT2D eigenvalue weighted by Crippen LogP contribution is 2.29. The van der Waals surface area contributed by atoms with Crippen molar-refractivity contribution in [2.24, 2.45) is 0 Å². The Balaban J connectivity index is 2.15. The third-order valence-corrected chi connectivity index (χ3v) is 3.24. The van der Waals surface area contributed by atoms with Crippen molar-refractivity contribution in [3.05, 3.63) is 23.8 Å². The van der Waals surface area contributed by atoms with Crippen LogP contribution in [0.15, 0.2) is 18.2 Å². The third-order valence-electron chi connectivity index (χ3n) is 3.24. The second-order valence-corrected chi connectivity index (χ2v) is 4.42. The van der Waals surface area contributed by atoms with Crippen molar-refractivity contribution in [2.45, 2.75) is 12.6 Å². The molecule has 0 N–H and O–H groups in total. The lowest BCUT2D eigenvalue weighted by Gasteiger charge is -2.31. The molecule has 0 aliphatic carbocycles. The molecule has 2 rings (SSSR count). The highest BCUT2D eigenvalue weighted by molar-refractivity contribution is 5.56. The van der Waals surface area contributed by atoms with Crippen LogP contribution in [0.2, 0.25) is 0 Å². The maximum absolute atomic E-state index is 10.8. The second kappa shape index (κ2) is 6.54. The monoisotopic (exact) mass is 265 g/mol. The summed E-state index contributed by atoms with van der Waals surface area (Å²) in [5.41, 5.74) is 0.999. The zero-order chi connectivity index (χ0) is 13.7. The number of morpholine rings is 1. The molecule has 1 heterocycles. The molecule has 1 aliphatic rings. The van der Waals surface area contributed by atoms with Gasteiger partial charge in [0.1, 0.15) is 23.9 Å². The molecule has 0 aromatic heterocycles. The number of carbonyl (C=O) groups is 1. The minimum absolute atomic E-state index is 0.338. The van der Waals surface area contributed by atoms with Crippen molar-refractivity contribution in [3.63, 3.8) is 0 Å². The molecule has 19 heavy (non-hydrogen) atoms. The van der Waals surface area contributed by atoms with E-state index in [0.29, 0.717) is 19.7 Å². The Morgan fingerprint density at radius 1 is 1.37 bits per heavy atom. The highest BCUT2D eigenvalue weighted by atomic mass is 16.5. The van der Waals surface area contributed by atoms with Gasteiger partial charge in [-0.3, -0.25) is 4.90 Å². The van der Waals surface area contributed by atoms with Crippen LogP contribution in [0.25, 0.3) is 0 Å². The fourth-order valence-corrected chi connectivity index (χ4v) is 2.27. The van der Waals surface area contributed by atoms with E-state index in [1.165, 1.54) is 0 Å². The number of hydrogen-bond donors (Lipinski definition) is 0. The van der Waals surface area contributed by atoms with E-state index in [-0.39, 0.29) is 6.10 Å². The van der Waals surface area contributed by atoms with Crippen LogP contribution in [0.1, 0.15) is 5.56 Å². The van der Waals surface area contributed by atoms with Gasteiger partial charge in [0.25, 0.3) is 0 Å². The van der Waals surface area contributed by atoms with Crippen molar-refractivity contribution >= 4 is 6.29 Å². The lowest BCUT2D eigenvalue weighted by Crippen LogP contribution is -2.42. The number of benzene rings is 1. The van der Waals surface area contributed by atoms with Crippen molar-refractivity contribution in [1.29, 1.82) is 0 Å². The molecule has 1 saturated heterocycles. The highest BCUT2D eigenvalue weighted by Gasteiger charge is 2.22. The van der Waals surface area contributed by atoms with E-state index in [1.807, 2.05) is 18.2 Å². The van der Waals surface area contributed by atoms with Crippen molar-refractivity contribution < 1.29 is 19.0 Å². The Hall–Kier alpha value is -1.59. The molecule has 0 bridgehead atoms. The smallest absolute Gasteiger partial charge is 0.150 e. The minimum atomic E-state index is -0.338. The number of nitrogens with zero attached hydrogens (tertiary/aromatic N) is 1. The van der Waals surface area contributed by atoms with E-state index >= 15 is 0 Å². The molecule has 1 fully saturated rings. The molecule has 0 spiro atoms. The predicted molar refractivity (Wildman–Crippen MR) is 70.6 cm³/mol. The van der Waals surface area contributed by atoms with Gasteiger partial charge in [-0.25, -0.2) is 0 Å². The second-order valence-electron chi connectivity index (χ2n) is 4.42. The van der Waals surface area contributed by atoms with E-state index in [2.05, 4.69) is 4.90 Å². The molecule has 0 amide bonds. The average molecular weight is 265 g/mol. The van der Waals surface area contributed by atoms with Crippen LogP contribution < -0.4 is 9.47 Å². The first-order valence-corrected chi connectivity index (χ1v) is 6.27. The lowest BCUT2D eigenvalue weighted by molar-refractivity contribution is -0.123. The molecular formula is C14H19NO4. The van der Waals surface area contributed by atoms with Crippen LogP contribution in [0.5, 0.6) is 11.5 Å². The van der Waals surface area contributed by atoms with Gasteiger partial charge in [-0.2, -0.15) is 0 Å². The molecule has 5 heteroatoms. The summed E-state index contributed by atoms with van der Waals surface area (Å²) in [5.74, 6) is 1.60. The number of ether oxygens (including phenoxy) is 3. The van der Waals surface area contributed by atoms with Gasteiger partial charge in [0.2, 0.25) is 0 Å². The molecule has 0 radical (unpaired) electrons. The van der Waals surface area contributed by atoms with E-state index in [1.54, 1.807) is 14.2 Å². The van der Waals surface area contributed by atoms with Crippen molar-refractivity contribution in [3.8, 4) is 11.5 Å². The Labute approximate surface area is 113 Å². The molecule has 1 atom stereocenters. The molecule has 1 aromatic rings. The first kappa shape index (κ1) is 13.8. The summed E-state index contributed by atoms with van der Waals surface area (Å²) >= 11 is 0. The molecule has 1 aliphatic heterocycles. The number of carbonyl (C=O) groups excluding carboxylic acids is 1. The van der Waals surface area contributed by atoms with Gasteiger partial charge >= 0.3 is 0 Å². The summed E-state index contributed by atoms with van der Waals surface area (Å²) < 4.78 is 16.1. The molecule has 5 nitrogen and oxygen atoms in total. The Kier molecular flexibility index (Phi) is 4.76. The van der Waals surface area contributed by atoms with Crippen LogP contribution in [0.3, 0.4) is 0 Å². The number of rotatable bonds is 5. The van der Waals surface area contributed by atoms with Gasteiger partial charge < -0.3 is 19.0 Å². The van der Waals surface area contributed by atoms with E-state index in [4.69, 9.17) is 14.2 Å². The Bertz CT molecular complexity index is 413. The standard InChI is InChI=1S/C14H19NO4/c1-17-13-4-3-5-14(18-2)12(13)9-15-6-7-19-11(8-15)10-16/h3-5,10-11H,6-9H2,1-2H3. The Morgan fingerprint density at radius 3 is 2.63 bits per heavy atom. The molecule has 0 saturated carbocycles. The van der Waals surface area contributed by atoms with Crippen molar-refractivity contribution in [1.82, 2.24) is 4.90 Å². The van der Waals surface area contributed by atoms with E-state index < -0.39 is 0 Å². The van der Waals surface area contributed by atoms with Gasteiger partial charge in [0.05, 0.1) is 26.4 Å². The minimum Gasteiger partial charge on any atom is -0.496 e. The third kappa shape index (κ3) is 3.24. The Morgan fingerprint density at radius 2 is 2.05 bits per heavy atom. The zero-order valence-electron chi connectivity index (χ0n) is 11.3. The van der Waals surface area contributed by atoms with Gasteiger partial charge in [-0.15, -0.1) is 0 Å². The molecule has 1 unspecified atom stereocenters. The maximum Gasteiger partial charge on any atom is 0.150 e. The summed E-state index contributed by atoms with van der Waals surface area (Å²) in [6.07, 6.45) is 0.514. The summed E-state index contributed by atoms with van der Waals surface area (Å²) in [5, 5.41) is 0. The quantitative estimate of drug-likeness (QED) is 0.746. The predicted octanol–water partition coefficient (Wildman–Crippen LogP) is 1.10. The zero-order valence-corrected chi connectivity index (χ0v) is 11.3. The van der Waals surface area contributed by atoms with E-state index in [9.17, 15) is 4.79 Å². The summed E-state index contributed by atoms with van der Waals surface area (Å²) in [4.78, 5) is 13.0. The fraction of sp³-hybridized carbons (Fsp3) is 0.500. The lowest BCUT2D eigenvalue weighted by atomic mass is 10.1. The first-order valence-electron chi connectivity index (χ1n) is 6.27. The average Bonchev–Trinajstić information content (AvgIpc) is 2.47. The normalized spacial score (nSPS) is 20.0. The van der Waals surface area contributed by atoms with Crippen LogP contribution in [0, 0.1) is 0 Å². The van der Waals surface area contributed by atoms with Crippen molar-refractivity contribution in [2.75, 3.05) is 33.9 Å². The molecule has 104 valence electrons.